The van der Waals surface area contributed by atoms with E-state index in [2.05, 4.69) is 39.4 Å². The zero-order valence-corrected chi connectivity index (χ0v) is 22.0. The normalized spacial score (nSPS) is 31.4. The van der Waals surface area contributed by atoms with E-state index >= 15 is 0 Å². The summed E-state index contributed by atoms with van der Waals surface area (Å²) in [6, 6.07) is 17.8. The lowest BCUT2D eigenvalue weighted by molar-refractivity contribution is -0.00866. The molecule has 3 saturated carbocycles. The molecule has 2 saturated heterocycles. The molecule has 2 aromatic carbocycles. The Balaban J connectivity index is 0.944. The van der Waals surface area contributed by atoms with Gasteiger partial charge >= 0.3 is 0 Å². The van der Waals surface area contributed by atoms with Crippen molar-refractivity contribution in [2.75, 3.05) is 29.9 Å². The van der Waals surface area contributed by atoms with E-state index in [4.69, 9.17) is 4.74 Å². The summed E-state index contributed by atoms with van der Waals surface area (Å²) in [6.07, 6.45) is 12.7. The maximum absolute atomic E-state index is 12.8. The monoisotopic (exact) mass is 499 g/mol. The smallest absolute Gasteiger partial charge is 0.255 e. The predicted molar refractivity (Wildman–Crippen MR) is 148 cm³/mol. The molecule has 0 radical (unpaired) electrons. The molecular weight excluding hydrogens is 458 g/mol. The first-order chi connectivity index (χ1) is 18.2. The highest BCUT2D eigenvalue weighted by Crippen LogP contribution is 2.46. The summed E-state index contributed by atoms with van der Waals surface area (Å²) in [6.45, 7) is 4.32. The number of nitrogens with zero attached hydrogens (tertiary/aromatic N) is 2. The van der Waals surface area contributed by atoms with E-state index in [-0.39, 0.29) is 5.91 Å². The molecule has 2 aromatic rings. The molecule has 1 amide bonds. The summed E-state index contributed by atoms with van der Waals surface area (Å²) in [5.74, 6) is 2.74. The largest absolute Gasteiger partial charge is 0.374 e. The van der Waals surface area contributed by atoms with Crippen LogP contribution < -0.4 is 10.2 Å². The quantitative estimate of drug-likeness (QED) is 0.500. The van der Waals surface area contributed by atoms with Crippen molar-refractivity contribution in [1.82, 2.24) is 4.90 Å². The molecule has 1 unspecified atom stereocenters. The number of carbonyl (C=O) groups excluding carboxylic acids is 1. The number of benzene rings is 2. The van der Waals surface area contributed by atoms with E-state index in [1.807, 2.05) is 24.3 Å². The number of fused-ring (bicyclic) bond motifs is 3. The van der Waals surface area contributed by atoms with Gasteiger partial charge < -0.3 is 15.0 Å². The van der Waals surface area contributed by atoms with Gasteiger partial charge in [0.25, 0.3) is 5.91 Å². The van der Waals surface area contributed by atoms with Crippen LogP contribution in [-0.2, 0) is 11.3 Å². The minimum absolute atomic E-state index is 0.0616. The van der Waals surface area contributed by atoms with Crippen LogP contribution in [0.3, 0.4) is 0 Å². The highest BCUT2D eigenvalue weighted by molar-refractivity contribution is 6.04. The van der Waals surface area contributed by atoms with Gasteiger partial charge in [0.2, 0.25) is 0 Å². The van der Waals surface area contributed by atoms with Gasteiger partial charge in [-0.05, 0) is 111 Å². The lowest BCUT2D eigenvalue weighted by Gasteiger charge is -2.37. The minimum atomic E-state index is -0.0616. The topological polar surface area (TPSA) is 44.8 Å². The highest BCUT2D eigenvalue weighted by atomic mass is 16.5. The van der Waals surface area contributed by atoms with E-state index < -0.39 is 0 Å². The number of hydrogen-bond acceptors (Lipinski definition) is 4. The molecule has 5 heteroatoms. The first-order valence-corrected chi connectivity index (χ1v) is 14.8. The van der Waals surface area contributed by atoms with Crippen LogP contribution in [0, 0.1) is 17.8 Å². The van der Waals surface area contributed by atoms with Crippen molar-refractivity contribution in [2.45, 2.75) is 82.6 Å². The molecule has 0 aromatic heterocycles. The van der Waals surface area contributed by atoms with E-state index in [1.54, 1.807) is 0 Å². The van der Waals surface area contributed by atoms with Crippen molar-refractivity contribution < 1.29 is 9.53 Å². The summed E-state index contributed by atoms with van der Waals surface area (Å²) in [7, 11) is 0. The van der Waals surface area contributed by atoms with Crippen LogP contribution in [-0.4, -0.2) is 48.6 Å². The average molecular weight is 500 g/mol. The second-order valence-corrected chi connectivity index (χ2v) is 12.4. The second-order valence-electron chi connectivity index (χ2n) is 12.4. The van der Waals surface area contributed by atoms with Crippen LogP contribution in [0.15, 0.2) is 48.5 Å². The molecule has 5 fully saturated rings. The zero-order chi connectivity index (χ0) is 24.8. The van der Waals surface area contributed by atoms with E-state index in [9.17, 15) is 4.79 Å². The first kappa shape index (κ1) is 23.7. The van der Waals surface area contributed by atoms with Gasteiger partial charge in [-0.3, -0.25) is 9.69 Å². The Morgan fingerprint density at radius 2 is 1.65 bits per heavy atom. The number of ether oxygens (including phenoxy) is 1. The Kier molecular flexibility index (Phi) is 6.46. The van der Waals surface area contributed by atoms with E-state index in [0.717, 1.165) is 41.6 Å². The molecule has 0 spiro atoms. The predicted octanol–water partition coefficient (Wildman–Crippen LogP) is 6.10. The van der Waals surface area contributed by atoms with Gasteiger partial charge in [-0.15, -0.1) is 0 Å². The number of anilines is 2. The SMILES string of the molecule is O=C(Nc1ccc(N2CC[C@@H]3CN(C4CC[C@@H]5CC[C@@H]4C5)C[C@@H]32)cc1)c1ccc(COC2CCC2)cc1. The highest BCUT2D eigenvalue weighted by Gasteiger charge is 2.46. The summed E-state index contributed by atoms with van der Waals surface area (Å²) in [4.78, 5) is 18.3. The lowest BCUT2D eigenvalue weighted by atomic mass is 9.84. The van der Waals surface area contributed by atoms with Gasteiger partial charge in [0, 0.05) is 48.7 Å². The molecule has 5 nitrogen and oxygen atoms in total. The fourth-order valence-corrected chi connectivity index (χ4v) is 7.88. The van der Waals surface area contributed by atoms with Crippen LogP contribution in [0.25, 0.3) is 0 Å². The lowest BCUT2D eigenvalue weighted by Crippen LogP contribution is -2.43. The summed E-state index contributed by atoms with van der Waals surface area (Å²) in [5.41, 5.74) is 3.96. The Labute approximate surface area is 221 Å². The molecule has 196 valence electrons. The van der Waals surface area contributed by atoms with Crippen molar-refractivity contribution >= 4 is 17.3 Å². The molecule has 3 aliphatic carbocycles. The van der Waals surface area contributed by atoms with Crippen LogP contribution in [0.4, 0.5) is 11.4 Å². The Bertz CT molecular complexity index is 1100. The first-order valence-electron chi connectivity index (χ1n) is 14.8. The third kappa shape index (κ3) is 4.81. The van der Waals surface area contributed by atoms with Crippen LogP contribution in [0.2, 0.25) is 0 Å². The molecule has 5 atom stereocenters. The molecule has 7 rings (SSSR count). The van der Waals surface area contributed by atoms with Crippen LogP contribution >= 0.6 is 0 Å². The molecule has 37 heavy (non-hydrogen) atoms. The Hall–Kier alpha value is -2.37. The zero-order valence-electron chi connectivity index (χ0n) is 22.0. The van der Waals surface area contributed by atoms with E-state index in [0.29, 0.717) is 24.3 Å². The number of rotatable bonds is 7. The molecule has 2 bridgehead atoms. The van der Waals surface area contributed by atoms with Gasteiger partial charge in [-0.2, -0.15) is 0 Å². The number of amides is 1. The van der Waals surface area contributed by atoms with Crippen molar-refractivity contribution in [1.29, 1.82) is 0 Å². The minimum Gasteiger partial charge on any atom is -0.374 e. The van der Waals surface area contributed by atoms with Gasteiger partial charge in [0.05, 0.1) is 12.7 Å². The van der Waals surface area contributed by atoms with Gasteiger partial charge in [0.1, 0.15) is 0 Å². The molecule has 1 N–H and O–H groups in total. The average Bonchev–Trinajstić information content (AvgIpc) is 3.59. The van der Waals surface area contributed by atoms with E-state index in [1.165, 1.54) is 76.6 Å². The number of hydrogen-bond donors (Lipinski definition) is 1. The summed E-state index contributed by atoms with van der Waals surface area (Å²) < 4.78 is 5.88. The third-order valence-corrected chi connectivity index (χ3v) is 10.3. The van der Waals surface area contributed by atoms with Crippen LogP contribution in [0.5, 0.6) is 0 Å². The number of likely N-dealkylation sites (tertiary alicyclic amines) is 1. The maximum Gasteiger partial charge on any atom is 0.255 e. The Morgan fingerprint density at radius 3 is 2.43 bits per heavy atom. The Morgan fingerprint density at radius 1 is 0.838 bits per heavy atom. The van der Waals surface area contributed by atoms with Crippen LogP contribution in [0.1, 0.15) is 73.7 Å². The van der Waals surface area contributed by atoms with Crippen molar-refractivity contribution in [3.8, 4) is 0 Å². The molecule has 2 aliphatic heterocycles. The number of nitrogens with one attached hydrogen (secondary N) is 1. The fraction of sp³-hybridized carbons (Fsp3) is 0.594. The van der Waals surface area contributed by atoms with Crippen molar-refractivity contribution in [3.05, 3.63) is 59.7 Å². The molecule has 2 heterocycles. The van der Waals surface area contributed by atoms with Crippen molar-refractivity contribution in [2.24, 2.45) is 17.8 Å². The fourth-order valence-electron chi connectivity index (χ4n) is 7.88. The molecule has 5 aliphatic rings. The maximum atomic E-state index is 12.8. The standard InChI is InChI=1S/C32H41N3O2/c36-32(24-8-5-23(6-9-24)21-37-29-2-1-3-29)33-27-11-13-28(14-12-27)35-17-16-26-19-34(20-31(26)35)30-15-7-22-4-10-25(30)18-22/h5-6,8-9,11-14,22,25-26,29-31H,1-4,7,10,15-21H2,(H,33,36)/t22-,25+,26+,30?,31-/m0/s1. The molecular formula is C32H41N3O2. The van der Waals surface area contributed by atoms with Gasteiger partial charge in [-0.1, -0.05) is 18.6 Å². The third-order valence-electron chi connectivity index (χ3n) is 10.3. The summed E-state index contributed by atoms with van der Waals surface area (Å²) in [5, 5.41) is 3.08. The van der Waals surface area contributed by atoms with Gasteiger partial charge in [0.15, 0.2) is 0 Å². The number of carbonyl (C=O) groups is 1. The van der Waals surface area contributed by atoms with Crippen molar-refractivity contribution in [3.63, 3.8) is 0 Å². The summed E-state index contributed by atoms with van der Waals surface area (Å²) >= 11 is 0. The second kappa shape index (κ2) is 10.1. The van der Waals surface area contributed by atoms with Gasteiger partial charge in [-0.25, -0.2) is 0 Å².